The third-order valence-corrected chi connectivity index (χ3v) is 5.36. The Labute approximate surface area is 178 Å². The van der Waals surface area contributed by atoms with Crippen molar-refractivity contribution in [3.63, 3.8) is 0 Å². The molecular formula is C22H24F2N4O3. The first kappa shape index (κ1) is 21.2. The second kappa shape index (κ2) is 8.22. The van der Waals surface area contributed by atoms with Gasteiger partial charge in [0.25, 0.3) is 12.3 Å². The molecule has 0 aliphatic carbocycles. The van der Waals surface area contributed by atoms with Gasteiger partial charge in [-0.2, -0.15) is 0 Å². The molecule has 9 heteroatoms. The Hall–Kier alpha value is -3.07. The van der Waals surface area contributed by atoms with Crippen LogP contribution in [0, 0.1) is 0 Å². The van der Waals surface area contributed by atoms with Crippen LogP contribution >= 0.6 is 0 Å². The number of pyridine rings is 2. The molecule has 1 amide bonds. The number of nitrogens with one attached hydrogen (secondary N) is 1. The molecule has 0 saturated carbocycles. The summed E-state index contributed by atoms with van der Waals surface area (Å²) in [4.78, 5) is 21.0. The Kier molecular flexibility index (Phi) is 5.62. The molecule has 7 nitrogen and oxygen atoms in total. The number of halogens is 2. The molecule has 0 bridgehead atoms. The zero-order chi connectivity index (χ0) is 22.2. The van der Waals surface area contributed by atoms with Crippen LogP contribution < -0.4 is 10.1 Å². The summed E-state index contributed by atoms with van der Waals surface area (Å²) in [5.74, 6) is 0.160. The van der Waals surface area contributed by atoms with E-state index < -0.39 is 18.0 Å². The summed E-state index contributed by atoms with van der Waals surface area (Å²) in [5.41, 5.74) is 1.27. The molecule has 0 spiro atoms. The number of fused-ring (bicyclic) bond motifs is 1. The Morgan fingerprint density at radius 3 is 2.84 bits per heavy atom. The molecule has 4 rings (SSSR count). The summed E-state index contributed by atoms with van der Waals surface area (Å²) in [5, 5.41) is 2.70. The van der Waals surface area contributed by atoms with E-state index >= 15 is 0 Å². The first-order chi connectivity index (χ1) is 14.8. The summed E-state index contributed by atoms with van der Waals surface area (Å²) in [6.07, 6.45) is 2.63. The van der Waals surface area contributed by atoms with Gasteiger partial charge in [0.15, 0.2) is 11.4 Å². The van der Waals surface area contributed by atoms with Crippen LogP contribution in [0.1, 0.15) is 60.9 Å². The lowest BCUT2D eigenvalue weighted by Crippen LogP contribution is -2.33. The highest BCUT2D eigenvalue weighted by atomic mass is 19.3. The number of carbonyl (C=O) groups is 1. The van der Waals surface area contributed by atoms with Crippen molar-refractivity contribution >= 4 is 17.2 Å². The number of anilines is 1. The zero-order valence-corrected chi connectivity index (χ0v) is 17.6. The van der Waals surface area contributed by atoms with Crippen LogP contribution in [-0.2, 0) is 4.74 Å². The van der Waals surface area contributed by atoms with Gasteiger partial charge in [0, 0.05) is 31.0 Å². The first-order valence-electron chi connectivity index (χ1n) is 10.0. The minimum Gasteiger partial charge on any atom is -0.493 e. The highest BCUT2D eigenvalue weighted by Gasteiger charge is 2.31. The van der Waals surface area contributed by atoms with Gasteiger partial charge in [0.1, 0.15) is 11.4 Å². The van der Waals surface area contributed by atoms with Gasteiger partial charge in [0.05, 0.1) is 24.1 Å². The zero-order valence-electron chi connectivity index (χ0n) is 17.6. The number of aromatic nitrogens is 3. The average molecular weight is 430 g/mol. The highest BCUT2D eigenvalue weighted by Crippen LogP contribution is 2.36. The molecule has 0 aromatic carbocycles. The predicted octanol–water partition coefficient (Wildman–Crippen LogP) is 4.60. The fraction of sp³-hybridized carbons (Fsp3) is 0.409. The number of imidazole rings is 1. The van der Waals surface area contributed by atoms with E-state index in [0.29, 0.717) is 23.7 Å². The molecule has 1 saturated heterocycles. The third kappa shape index (κ3) is 4.51. The largest absolute Gasteiger partial charge is 0.493 e. The normalized spacial score (nSPS) is 18.3. The van der Waals surface area contributed by atoms with Gasteiger partial charge in [-0.15, -0.1) is 0 Å². The number of ether oxygens (including phenoxy) is 2. The van der Waals surface area contributed by atoms with E-state index in [1.807, 2.05) is 6.20 Å². The molecule has 31 heavy (non-hydrogen) atoms. The molecule has 1 unspecified atom stereocenters. The molecule has 0 radical (unpaired) electrons. The summed E-state index contributed by atoms with van der Waals surface area (Å²) in [7, 11) is 1.53. The van der Waals surface area contributed by atoms with E-state index in [4.69, 9.17) is 14.5 Å². The van der Waals surface area contributed by atoms with Crippen LogP contribution in [0.25, 0.3) is 5.65 Å². The van der Waals surface area contributed by atoms with E-state index in [1.165, 1.54) is 25.3 Å². The lowest BCUT2D eigenvalue weighted by Gasteiger charge is -2.34. The van der Waals surface area contributed by atoms with E-state index in [-0.39, 0.29) is 17.2 Å². The number of amides is 1. The maximum Gasteiger partial charge on any atom is 0.280 e. The quantitative estimate of drug-likeness (QED) is 0.640. The van der Waals surface area contributed by atoms with Gasteiger partial charge >= 0.3 is 0 Å². The first-order valence-corrected chi connectivity index (χ1v) is 10.0. The van der Waals surface area contributed by atoms with Gasteiger partial charge < -0.3 is 19.2 Å². The SMILES string of the molecule is COc1cc(NC(=O)c2cccc(C(F)F)n2)cn2cc(C3CCOC(C)(C)C3)nc12. The third-order valence-electron chi connectivity index (χ3n) is 5.36. The second-order valence-corrected chi connectivity index (χ2v) is 8.19. The van der Waals surface area contributed by atoms with Crippen LogP contribution in [0.15, 0.2) is 36.7 Å². The molecule has 1 aliphatic rings. The number of carbonyl (C=O) groups excluding carboxylic acids is 1. The minimum absolute atomic E-state index is 0.0902. The van der Waals surface area contributed by atoms with E-state index in [1.54, 1.807) is 16.7 Å². The lowest BCUT2D eigenvalue weighted by molar-refractivity contribution is -0.0597. The smallest absolute Gasteiger partial charge is 0.280 e. The van der Waals surface area contributed by atoms with Crippen molar-refractivity contribution in [3.8, 4) is 5.75 Å². The highest BCUT2D eigenvalue weighted by molar-refractivity contribution is 6.03. The topological polar surface area (TPSA) is 77.8 Å². The van der Waals surface area contributed by atoms with Gasteiger partial charge in [-0.1, -0.05) is 6.07 Å². The standard InChI is InChI=1S/C22H24F2N4O3/c1-22(2)10-13(7-8-31-22)17-12-28-11-14(9-18(30-3)20(28)27-17)25-21(29)16-6-4-5-15(26-16)19(23)24/h4-6,9,11-13,19H,7-8,10H2,1-3H3,(H,25,29). The lowest BCUT2D eigenvalue weighted by atomic mass is 9.86. The molecule has 3 aromatic rings. The predicted molar refractivity (Wildman–Crippen MR) is 111 cm³/mol. The van der Waals surface area contributed by atoms with Crippen molar-refractivity contribution in [3.05, 3.63) is 53.7 Å². The molecule has 164 valence electrons. The Balaban J connectivity index is 1.62. The summed E-state index contributed by atoms with van der Waals surface area (Å²) >= 11 is 0. The number of hydrogen-bond acceptors (Lipinski definition) is 5. The van der Waals surface area contributed by atoms with Crippen LogP contribution in [0.5, 0.6) is 5.75 Å². The fourth-order valence-electron chi connectivity index (χ4n) is 3.88. The molecule has 4 heterocycles. The molecular weight excluding hydrogens is 406 g/mol. The monoisotopic (exact) mass is 430 g/mol. The summed E-state index contributed by atoms with van der Waals surface area (Å²) in [6.45, 7) is 4.81. The molecule has 3 aromatic heterocycles. The van der Waals surface area contributed by atoms with Crippen molar-refractivity contribution in [2.45, 2.75) is 44.6 Å². The molecule has 1 fully saturated rings. The van der Waals surface area contributed by atoms with Crippen molar-refractivity contribution in [1.29, 1.82) is 0 Å². The molecule has 1 atom stereocenters. The van der Waals surface area contributed by atoms with Gasteiger partial charge in [-0.05, 0) is 38.8 Å². The van der Waals surface area contributed by atoms with Gasteiger partial charge in [-0.3, -0.25) is 4.79 Å². The van der Waals surface area contributed by atoms with Crippen LogP contribution in [0.2, 0.25) is 0 Å². The van der Waals surface area contributed by atoms with E-state index in [0.717, 1.165) is 18.5 Å². The van der Waals surface area contributed by atoms with Crippen LogP contribution in [-0.4, -0.2) is 39.6 Å². The molecule has 1 N–H and O–H groups in total. The number of hydrogen-bond donors (Lipinski definition) is 1. The van der Waals surface area contributed by atoms with Crippen molar-refractivity contribution in [1.82, 2.24) is 14.4 Å². The number of nitrogens with zero attached hydrogens (tertiary/aromatic N) is 3. The van der Waals surface area contributed by atoms with Crippen molar-refractivity contribution in [2.75, 3.05) is 19.0 Å². The average Bonchev–Trinajstić information content (AvgIpc) is 3.16. The van der Waals surface area contributed by atoms with Crippen LogP contribution in [0.3, 0.4) is 0 Å². The van der Waals surface area contributed by atoms with Crippen molar-refractivity contribution in [2.24, 2.45) is 0 Å². The number of alkyl halides is 2. The Bertz CT molecular complexity index is 1110. The summed E-state index contributed by atoms with van der Waals surface area (Å²) in [6, 6.07) is 5.60. The number of rotatable bonds is 5. The van der Waals surface area contributed by atoms with E-state index in [2.05, 4.69) is 24.1 Å². The second-order valence-electron chi connectivity index (χ2n) is 8.19. The number of methoxy groups -OCH3 is 1. The van der Waals surface area contributed by atoms with Gasteiger partial charge in [0.2, 0.25) is 0 Å². The summed E-state index contributed by atoms with van der Waals surface area (Å²) < 4.78 is 38.8. The molecule has 1 aliphatic heterocycles. The Morgan fingerprint density at radius 1 is 1.32 bits per heavy atom. The minimum atomic E-state index is -2.75. The van der Waals surface area contributed by atoms with E-state index in [9.17, 15) is 13.6 Å². The van der Waals surface area contributed by atoms with Crippen LogP contribution in [0.4, 0.5) is 14.5 Å². The maximum atomic E-state index is 12.9. The van der Waals surface area contributed by atoms with Crippen molar-refractivity contribution < 1.29 is 23.0 Å². The maximum absolute atomic E-state index is 12.9. The fourth-order valence-corrected chi connectivity index (χ4v) is 3.88. The Morgan fingerprint density at radius 2 is 2.13 bits per heavy atom. The van der Waals surface area contributed by atoms with Gasteiger partial charge in [-0.25, -0.2) is 18.7 Å².